The van der Waals surface area contributed by atoms with Crippen molar-refractivity contribution in [1.82, 2.24) is 8.84 Å². The average Bonchev–Trinajstić information content (AvgIpc) is 2.56. The van der Waals surface area contributed by atoms with E-state index in [4.69, 9.17) is 46.8 Å². The fraction of sp³-hybridized carbons (Fsp3) is 0.818. The van der Waals surface area contributed by atoms with Crippen LogP contribution in [0.1, 0.15) is 39.0 Å². The van der Waals surface area contributed by atoms with Crippen molar-refractivity contribution in [2.75, 3.05) is 0 Å². The van der Waals surface area contributed by atoms with Crippen LogP contribution in [0, 0.1) is 0 Å². The zero-order valence-corrected chi connectivity index (χ0v) is 14.9. The van der Waals surface area contributed by atoms with Crippen molar-refractivity contribution in [3.05, 3.63) is 0 Å². The van der Waals surface area contributed by atoms with Crippen molar-refractivity contribution in [3.63, 3.8) is 0 Å². The Labute approximate surface area is 140 Å². The summed E-state index contributed by atoms with van der Waals surface area (Å²) in [5.74, 6) is -0.688. The lowest BCUT2D eigenvalue weighted by Gasteiger charge is -2.39. The van der Waals surface area contributed by atoms with Crippen molar-refractivity contribution in [2.24, 2.45) is 0 Å². The molecule has 0 aromatic heterocycles. The molecule has 2 rings (SSSR count). The predicted octanol–water partition coefficient (Wildman–Crippen LogP) is 4.46. The van der Waals surface area contributed by atoms with Gasteiger partial charge in [0.05, 0.1) is 0 Å². The summed E-state index contributed by atoms with van der Waals surface area (Å²) >= 11 is 24.4. The zero-order chi connectivity index (χ0) is 15.1. The van der Waals surface area contributed by atoms with Crippen molar-refractivity contribution in [2.45, 2.75) is 54.3 Å². The highest BCUT2D eigenvalue weighted by molar-refractivity contribution is 7.46. The maximum atomic E-state index is 12.2. The summed E-state index contributed by atoms with van der Waals surface area (Å²) in [6, 6.07) is -0.819. The van der Waals surface area contributed by atoms with Gasteiger partial charge in [-0.2, -0.15) is 4.42 Å². The third-order valence-electron chi connectivity index (χ3n) is 3.93. The van der Waals surface area contributed by atoms with E-state index in [1.54, 1.807) is 0 Å². The van der Waals surface area contributed by atoms with E-state index in [-0.39, 0.29) is 8.58 Å². The van der Waals surface area contributed by atoms with Crippen molar-refractivity contribution in [3.8, 4) is 0 Å². The third-order valence-corrected chi connectivity index (χ3v) is 7.93. The smallest absolute Gasteiger partial charge is 0.270 e. The zero-order valence-electron chi connectivity index (χ0n) is 10.8. The van der Waals surface area contributed by atoms with Crippen LogP contribution in [0.3, 0.4) is 0 Å². The van der Waals surface area contributed by atoms with E-state index in [0.29, 0.717) is 10.1 Å². The molecule has 0 aromatic carbocycles. The van der Waals surface area contributed by atoms with Crippen molar-refractivity contribution < 1.29 is 9.59 Å². The van der Waals surface area contributed by atoms with Gasteiger partial charge in [0.1, 0.15) is 0 Å². The number of hydrogen-bond acceptors (Lipinski definition) is 2. The van der Waals surface area contributed by atoms with E-state index in [9.17, 15) is 9.59 Å². The highest BCUT2D eigenvalue weighted by Crippen LogP contribution is 2.58. The third kappa shape index (κ3) is 2.63. The number of amides is 3. The molecule has 0 aromatic rings. The first-order chi connectivity index (χ1) is 9.22. The number of nitrogens with zero attached hydrogens (tertiary/aromatic N) is 2. The molecule has 0 spiro atoms. The van der Waals surface area contributed by atoms with Gasteiger partial charge in [-0.15, -0.1) is 0 Å². The van der Waals surface area contributed by atoms with E-state index >= 15 is 0 Å². The highest BCUT2D eigenvalue weighted by Gasteiger charge is 2.65. The van der Waals surface area contributed by atoms with E-state index in [1.807, 2.05) is 0 Å². The monoisotopic (exact) mass is 378 g/mol. The van der Waals surface area contributed by atoms with Gasteiger partial charge in [-0.3, -0.25) is 4.79 Å². The summed E-state index contributed by atoms with van der Waals surface area (Å²) in [7, 11) is 0.111. The number of carbonyl (C=O) groups is 2. The molecule has 0 bridgehead atoms. The molecule has 1 heterocycles. The lowest BCUT2D eigenvalue weighted by Crippen LogP contribution is -2.54. The Kier molecular flexibility index (Phi) is 5.04. The van der Waals surface area contributed by atoms with Crippen molar-refractivity contribution >= 4 is 67.3 Å². The Morgan fingerprint density at radius 1 is 1.20 bits per heavy atom. The van der Waals surface area contributed by atoms with Crippen LogP contribution in [0.4, 0.5) is 4.79 Å². The van der Waals surface area contributed by atoms with Crippen LogP contribution in [0.5, 0.6) is 0 Å². The molecule has 1 saturated heterocycles. The van der Waals surface area contributed by atoms with Crippen molar-refractivity contribution in [1.29, 1.82) is 0 Å². The number of halogens is 4. The maximum Gasteiger partial charge on any atom is 0.357 e. The molecule has 4 nitrogen and oxygen atoms in total. The number of imide groups is 1. The number of urea groups is 1. The molecule has 3 amide bonds. The summed E-state index contributed by atoms with van der Waals surface area (Å²) < 4.78 is -0.289. The molecule has 2 unspecified atom stereocenters. The molecular weight excluding hydrogens is 365 g/mol. The Bertz CT molecular complexity index is 431. The molecule has 0 N–H and O–H groups in total. The Balaban J connectivity index is 2.22. The van der Waals surface area contributed by atoms with Gasteiger partial charge >= 0.3 is 6.03 Å². The van der Waals surface area contributed by atoms with Gasteiger partial charge in [-0.05, 0) is 25.4 Å². The summed E-state index contributed by atoms with van der Waals surface area (Å²) in [4.78, 5) is 23.9. The fourth-order valence-corrected chi connectivity index (χ4v) is 6.21. The van der Waals surface area contributed by atoms with Gasteiger partial charge < -0.3 is 0 Å². The van der Waals surface area contributed by atoms with Crippen LogP contribution in [-0.4, -0.2) is 36.0 Å². The van der Waals surface area contributed by atoms with Gasteiger partial charge in [-0.25, -0.2) is 9.21 Å². The lowest BCUT2D eigenvalue weighted by atomic mass is 10.0. The molecule has 1 aliphatic heterocycles. The first kappa shape index (κ1) is 16.9. The molecule has 2 atom stereocenters. The van der Waals surface area contributed by atoms with E-state index in [1.165, 1.54) is 13.3 Å². The highest BCUT2D eigenvalue weighted by atomic mass is 35.5. The second-order valence-electron chi connectivity index (χ2n) is 5.28. The van der Waals surface area contributed by atoms with E-state index < -0.39 is 21.6 Å². The van der Waals surface area contributed by atoms with Gasteiger partial charge in [0.15, 0.2) is 9.61 Å². The molecule has 1 saturated carbocycles. The SMILES string of the molecule is CC1(C(Cl)(Cl)PC2CCCCC2)C(=O)N(Cl)C(=O)N1Cl. The van der Waals surface area contributed by atoms with Crippen LogP contribution in [-0.2, 0) is 4.79 Å². The van der Waals surface area contributed by atoms with Gasteiger partial charge in [-0.1, -0.05) is 51.0 Å². The topological polar surface area (TPSA) is 40.6 Å². The Hall–Kier alpha value is 0.530. The quantitative estimate of drug-likeness (QED) is 0.314. The fourth-order valence-electron chi connectivity index (χ4n) is 2.53. The first-order valence-corrected chi connectivity index (χ1v) is 8.88. The largest absolute Gasteiger partial charge is 0.357 e. The summed E-state index contributed by atoms with van der Waals surface area (Å²) in [6.45, 7) is 1.46. The Morgan fingerprint density at radius 2 is 1.75 bits per heavy atom. The van der Waals surface area contributed by atoms with Crippen LogP contribution < -0.4 is 0 Å². The molecule has 9 heteroatoms. The van der Waals surface area contributed by atoms with Gasteiger partial charge in [0.2, 0.25) is 0 Å². The minimum atomic E-state index is -1.55. The average molecular weight is 380 g/mol. The van der Waals surface area contributed by atoms with Crippen LogP contribution in [0.2, 0.25) is 0 Å². The second kappa shape index (κ2) is 5.96. The molecule has 2 aliphatic rings. The number of hydrogen-bond donors (Lipinski definition) is 0. The van der Waals surface area contributed by atoms with Crippen LogP contribution >= 0.6 is 55.3 Å². The number of carbonyl (C=O) groups excluding carboxylic acids is 2. The summed E-state index contributed by atoms with van der Waals surface area (Å²) in [5.41, 5.74) is -1.19. The lowest BCUT2D eigenvalue weighted by molar-refractivity contribution is -0.128. The summed E-state index contributed by atoms with van der Waals surface area (Å²) in [6.07, 6.45) is 5.55. The van der Waals surface area contributed by atoms with Crippen LogP contribution in [0.25, 0.3) is 0 Å². The summed E-state index contributed by atoms with van der Waals surface area (Å²) in [5, 5.41) is 0. The standard InChI is InChI=1S/C11H15Cl4N2O2P/c1-10(8(18)16(14)9(19)17(10)15)11(12,13)20-7-5-3-2-4-6-7/h7,20H,2-6H2,1H3. The van der Waals surface area contributed by atoms with Crippen LogP contribution in [0.15, 0.2) is 0 Å². The van der Waals surface area contributed by atoms with E-state index in [0.717, 1.165) is 30.1 Å². The molecular formula is C11H15Cl4N2O2P. The minimum absolute atomic E-state index is 0.111. The minimum Gasteiger partial charge on any atom is -0.270 e. The number of alkyl halides is 2. The maximum absolute atomic E-state index is 12.2. The molecule has 2 fully saturated rings. The van der Waals surface area contributed by atoms with Gasteiger partial charge in [0.25, 0.3) is 5.91 Å². The van der Waals surface area contributed by atoms with E-state index in [2.05, 4.69) is 0 Å². The first-order valence-electron chi connectivity index (χ1n) is 6.37. The Morgan fingerprint density at radius 3 is 2.20 bits per heavy atom. The van der Waals surface area contributed by atoms with Gasteiger partial charge in [0, 0.05) is 23.6 Å². The second-order valence-corrected chi connectivity index (χ2v) is 9.77. The number of rotatable bonds is 3. The molecule has 1 aliphatic carbocycles. The predicted molar refractivity (Wildman–Crippen MR) is 83.8 cm³/mol. The normalized spacial score (nSPS) is 30.1. The molecule has 114 valence electrons. The molecule has 0 radical (unpaired) electrons. The molecule has 20 heavy (non-hydrogen) atoms.